The Balaban J connectivity index is 1.89. The van der Waals surface area contributed by atoms with E-state index in [9.17, 15) is 0 Å². The Morgan fingerprint density at radius 1 is 0.900 bits per heavy atom. The van der Waals surface area contributed by atoms with Crippen molar-refractivity contribution in [2.75, 3.05) is 6.54 Å². The van der Waals surface area contributed by atoms with Gasteiger partial charge in [0.2, 0.25) is 0 Å². The zero-order chi connectivity index (χ0) is 13.4. The highest BCUT2D eigenvalue weighted by Crippen LogP contribution is 2.50. The van der Waals surface area contributed by atoms with Crippen LogP contribution in [-0.2, 0) is 5.54 Å². The lowest BCUT2D eigenvalue weighted by Crippen LogP contribution is -2.44. The second-order valence-corrected chi connectivity index (χ2v) is 6.51. The molecule has 2 aromatic carbocycles. The molecule has 1 aliphatic carbocycles. The van der Waals surface area contributed by atoms with E-state index in [1.165, 1.54) is 55.8 Å². The fourth-order valence-corrected chi connectivity index (χ4v) is 4.09. The summed E-state index contributed by atoms with van der Waals surface area (Å²) in [5.74, 6) is 0.853. The van der Waals surface area contributed by atoms with Crippen LogP contribution in [0.15, 0.2) is 42.5 Å². The van der Waals surface area contributed by atoms with Crippen LogP contribution in [0.25, 0.3) is 10.8 Å². The standard InChI is InChI=1S/C19H23N/c1-4-13-19(16-11-12-16,20-14-5-1)18-10-6-8-15-7-2-3-9-17(15)18/h2-3,6-10,16,20H,1,4-5,11-14H2. The Hall–Kier alpha value is -1.34. The molecule has 1 nitrogen and oxygen atoms in total. The van der Waals surface area contributed by atoms with E-state index in [4.69, 9.17) is 0 Å². The molecule has 1 saturated heterocycles. The topological polar surface area (TPSA) is 12.0 Å². The third-order valence-electron chi connectivity index (χ3n) is 5.23. The maximum Gasteiger partial charge on any atom is 0.0469 e. The summed E-state index contributed by atoms with van der Waals surface area (Å²) in [7, 11) is 0. The van der Waals surface area contributed by atoms with E-state index in [0.29, 0.717) is 0 Å². The summed E-state index contributed by atoms with van der Waals surface area (Å²) < 4.78 is 0. The molecule has 2 aliphatic rings. The first-order chi connectivity index (χ1) is 9.90. The van der Waals surface area contributed by atoms with Crippen molar-refractivity contribution < 1.29 is 0 Å². The average Bonchev–Trinajstić information content (AvgIpc) is 3.33. The predicted molar refractivity (Wildman–Crippen MR) is 84.8 cm³/mol. The molecule has 1 atom stereocenters. The van der Waals surface area contributed by atoms with Gasteiger partial charge in [-0.1, -0.05) is 55.3 Å². The molecule has 1 saturated carbocycles. The molecule has 4 rings (SSSR count). The quantitative estimate of drug-likeness (QED) is 0.836. The minimum Gasteiger partial charge on any atom is -0.307 e. The minimum absolute atomic E-state index is 0.247. The van der Waals surface area contributed by atoms with Crippen LogP contribution in [0.2, 0.25) is 0 Å². The van der Waals surface area contributed by atoms with E-state index in [1.807, 2.05) is 0 Å². The van der Waals surface area contributed by atoms with E-state index in [0.717, 1.165) is 5.92 Å². The highest BCUT2D eigenvalue weighted by Gasteiger charge is 2.46. The van der Waals surface area contributed by atoms with E-state index in [2.05, 4.69) is 47.8 Å². The number of nitrogens with one attached hydrogen (secondary N) is 1. The molecule has 0 spiro atoms. The molecular weight excluding hydrogens is 242 g/mol. The van der Waals surface area contributed by atoms with E-state index >= 15 is 0 Å². The Morgan fingerprint density at radius 2 is 1.75 bits per heavy atom. The number of hydrogen-bond acceptors (Lipinski definition) is 1. The van der Waals surface area contributed by atoms with Gasteiger partial charge in [-0.15, -0.1) is 0 Å². The highest BCUT2D eigenvalue weighted by molar-refractivity contribution is 5.86. The van der Waals surface area contributed by atoms with Gasteiger partial charge in [-0.3, -0.25) is 0 Å². The van der Waals surface area contributed by atoms with Gasteiger partial charge in [-0.25, -0.2) is 0 Å². The van der Waals surface area contributed by atoms with Crippen LogP contribution in [0.1, 0.15) is 44.1 Å². The summed E-state index contributed by atoms with van der Waals surface area (Å²) >= 11 is 0. The zero-order valence-corrected chi connectivity index (χ0v) is 12.1. The molecule has 1 aliphatic heterocycles. The molecule has 1 heteroatoms. The maximum absolute atomic E-state index is 3.97. The Bertz CT molecular complexity index is 599. The summed E-state index contributed by atoms with van der Waals surface area (Å²) in [6.45, 7) is 1.18. The van der Waals surface area contributed by atoms with E-state index < -0.39 is 0 Å². The molecule has 2 fully saturated rings. The molecule has 1 heterocycles. The molecule has 0 radical (unpaired) electrons. The molecule has 1 unspecified atom stereocenters. The maximum atomic E-state index is 3.97. The van der Waals surface area contributed by atoms with Crippen LogP contribution in [0.4, 0.5) is 0 Å². The van der Waals surface area contributed by atoms with Crippen LogP contribution in [0, 0.1) is 5.92 Å². The van der Waals surface area contributed by atoms with Crippen LogP contribution >= 0.6 is 0 Å². The molecule has 20 heavy (non-hydrogen) atoms. The predicted octanol–water partition coefficient (Wildman–Crippen LogP) is 4.61. The van der Waals surface area contributed by atoms with Crippen LogP contribution in [-0.4, -0.2) is 6.54 Å². The van der Waals surface area contributed by atoms with Crippen molar-refractivity contribution in [1.29, 1.82) is 0 Å². The SMILES string of the molecule is c1ccc2c(C3(C4CC4)CCCCCN3)cccc2c1. The van der Waals surface area contributed by atoms with Crippen molar-refractivity contribution in [2.45, 2.75) is 44.1 Å². The third-order valence-corrected chi connectivity index (χ3v) is 5.23. The molecule has 104 valence electrons. The van der Waals surface area contributed by atoms with Crippen molar-refractivity contribution in [3.05, 3.63) is 48.0 Å². The van der Waals surface area contributed by atoms with Gasteiger partial charge in [0.25, 0.3) is 0 Å². The summed E-state index contributed by atoms with van der Waals surface area (Å²) in [4.78, 5) is 0. The van der Waals surface area contributed by atoms with Gasteiger partial charge in [-0.05, 0) is 54.5 Å². The van der Waals surface area contributed by atoms with Gasteiger partial charge >= 0.3 is 0 Å². The monoisotopic (exact) mass is 265 g/mol. The van der Waals surface area contributed by atoms with Gasteiger partial charge in [-0.2, -0.15) is 0 Å². The van der Waals surface area contributed by atoms with Crippen molar-refractivity contribution in [2.24, 2.45) is 5.92 Å². The molecule has 0 amide bonds. The number of rotatable bonds is 2. The summed E-state index contributed by atoms with van der Waals surface area (Å²) in [5, 5.41) is 6.81. The second-order valence-electron chi connectivity index (χ2n) is 6.51. The Morgan fingerprint density at radius 3 is 2.65 bits per heavy atom. The Labute approximate surface area is 121 Å². The van der Waals surface area contributed by atoms with Gasteiger partial charge < -0.3 is 5.32 Å². The summed E-state index contributed by atoms with van der Waals surface area (Å²) in [6, 6.07) is 15.8. The minimum atomic E-state index is 0.247. The Kier molecular flexibility index (Phi) is 3.03. The van der Waals surface area contributed by atoms with Gasteiger partial charge in [0, 0.05) is 5.54 Å². The highest BCUT2D eigenvalue weighted by atomic mass is 15.0. The first-order valence-corrected chi connectivity index (χ1v) is 8.13. The molecule has 1 N–H and O–H groups in total. The smallest absolute Gasteiger partial charge is 0.0469 e. The fraction of sp³-hybridized carbons (Fsp3) is 0.474. The molecule has 0 aromatic heterocycles. The van der Waals surface area contributed by atoms with Crippen LogP contribution in [0.3, 0.4) is 0 Å². The number of benzene rings is 2. The van der Waals surface area contributed by atoms with Crippen LogP contribution < -0.4 is 5.32 Å². The lowest BCUT2D eigenvalue weighted by molar-refractivity contribution is 0.281. The van der Waals surface area contributed by atoms with Gasteiger partial charge in [0.1, 0.15) is 0 Å². The first kappa shape index (κ1) is 12.4. The van der Waals surface area contributed by atoms with Crippen LogP contribution in [0.5, 0.6) is 0 Å². The van der Waals surface area contributed by atoms with Crippen molar-refractivity contribution in [1.82, 2.24) is 5.32 Å². The normalized spacial score (nSPS) is 27.4. The summed E-state index contributed by atoms with van der Waals surface area (Å²) in [5.41, 5.74) is 1.80. The fourth-order valence-electron chi connectivity index (χ4n) is 4.09. The zero-order valence-electron chi connectivity index (χ0n) is 12.1. The lowest BCUT2D eigenvalue weighted by atomic mass is 9.79. The van der Waals surface area contributed by atoms with Gasteiger partial charge in [0.15, 0.2) is 0 Å². The average molecular weight is 265 g/mol. The molecular formula is C19H23N. The largest absolute Gasteiger partial charge is 0.307 e. The molecule has 0 bridgehead atoms. The first-order valence-electron chi connectivity index (χ1n) is 8.13. The number of hydrogen-bond donors (Lipinski definition) is 1. The lowest BCUT2D eigenvalue weighted by Gasteiger charge is -2.36. The van der Waals surface area contributed by atoms with E-state index in [1.54, 1.807) is 5.56 Å². The van der Waals surface area contributed by atoms with Crippen molar-refractivity contribution >= 4 is 10.8 Å². The van der Waals surface area contributed by atoms with E-state index in [-0.39, 0.29) is 5.54 Å². The molecule has 2 aromatic rings. The second kappa shape index (κ2) is 4.89. The van der Waals surface area contributed by atoms with Crippen molar-refractivity contribution in [3.8, 4) is 0 Å². The van der Waals surface area contributed by atoms with Crippen molar-refractivity contribution in [3.63, 3.8) is 0 Å². The third kappa shape index (κ3) is 1.96. The number of fused-ring (bicyclic) bond motifs is 1. The summed E-state index contributed by atoms with van der Waals surface area (Å²) in [6.07, 6.45) is 8.19. The van der Waals surface area contributed by atoms with Gasteiger partial charge in [0.05, 0.1) is 0 Å².